The lowest BCUT2D eigenvalue weighted by atomic mass is 10.2. The van der Waals surface area contributed by atoms with Crippen molar-refractivity contribution in [1.82, 2.24) is 18.9 Å². The van der Waals surface area contributed by atoms with E-state index in [1.807, 2.05) is 0 Å². The SMILES string of the molecule is C=Cc1nc(-c2cn(S)c3ncc(Cl)cc23)ncc1F. The quantitative estimate of drug-likeness (QED) is 0.735. The third-order valence-corrected chi connectivity index (χ3v) is 3.31. The second-order valence-electron chi connectivity index (χ2n) is 4.04. The number of hydrogen-bond donors (Lipinski definition) is 1. The van der Waals surface area contributed by atoms with Crippen molar-refractivity contribution in [2.75, 3.05) is 0 Å². The Morgan fingerprint density at radius 1 is 1.35 bits per heavy atom. The monoisotopic (exact) mass is 306 g/mol. The van der Waals surface area contributed by atoms with Gasteiger partial charge in [-0.3, -0.25) is 3.97 Å². The summed E-state index contributed by atoms with van der Waals surface area (Å²) in [6.07, 6.45) is 5.68. The molecular formula is C13H8ClFN4S. The summed E-state index contributed by atoms with van der Waals surface area (Å²) in [4.78, 5) is 12.3. The standard InChI is InChI=1S/C13H8ClFN4S/c1-2-11-10(15)5-16-12(18-11)9-6-19(20)13-8(9)3-7(14)4-17-13/h2-6,20H,1H2. The van der Waals surface area contributed by atoms with Gasteiger partial charge >= 0.3 is 0 Å². The zero-order chi connectivity index (χ0) is 14.3. The zero-order valence-electron chi connectivity index (χ0n) is 10.1. The van der Waals surface area contributed by atoms with Crippen LogP contribution in [0.2, 0.25) is 5.02 Å². The van der Waals surface area contributed by atoms with Crippen molar-refractivity contribution in [1.29, 1.82) is 0 Å². The van der Waals surface area contributed by atoms with Gasteiger partial charge in [0, 0.05) is 23.3 Å². The number of fused-ring (bicyclic) bond motifs is 1. The highest BCUT2D eigenvalue weighted by molar-refractivity contribution is 7.78. The van der Waals surface area contributed by atoms with Gasteiger partial charge in [-0.1, -0.05) is 31.0 Å². The maximum absolute atomic E-state index is 13.4. The predicted octanol–water partition coefficient (Wildman–Crippen LogP) is 3.62. The van der Waals surface area contributed by atoms with Gasteiger partial charge in [-0.25, -0.2) is 19.3 Å². The van der Waals surface area contributed by atoms with Gasteiger partial charge in [0.25, 0.3) is 0 Å². The van der Waals surface area contributed by atoms with Crippen LogP contribution in [0, 0.1) is 5.82 Å². The lowest BCUT2D eigenvalue weighted by Crippen LogP contribution is -1.94. The Morgan fingerprint density at radius 2 is 2.15 bits per heavy atom. The molecule has 7 heteroatoms. The van der Waals surface area contributed by atoms with Crippen LogP contribution >= 0.6 is 24.4 Å². The summed E-state index contributed by atoms with van der Waals surface area (Å²) in [5.74, 6) is -0.155. The van der Waals surface area contributed by atoms with Gasteiger partial charge in [0.2, 0.25) is 0 Å². The first-order valence-electron chi connectivity index (χ1n) is 5.61. The van der Waals surface area contributed by atoms with E-state index in [0.29, 0.717) is 22.1 Å². The fraction of sp³-hybridized carbons (Fsp3) is 0. The molecule has 0 atom stereocenters. The first-order valence-corrected chi connectivity index (χ1v) is 6.39. The molecule has 3 aromatic rings. The van der Waals surface area contributed by atoms with Crippen molar-refractivity contribution < 1.29 is 4.39 Å². The van der Waals surface area contributed by atoms with E-state index in [9.17, 15) is 4.39 Å². The molecule has 0 aliphatic heterocycles. The molecule has 0 N–H and O–H groups in total. The molecule has 0 spiro atoms. The average Bonchev–Trinajstić information content (AvgIpc) is 2.76. The molecular weight excluding hydrogens is 299 g/mol. The molecule has 3 heterocycles. The molecule has 0 radical (unpaired) electrons. The van der Waals surface area contributed by atoms with Crippen LogP contribution in [0.15, 0.2) is 31.2 Å². The molecule has 0 bridgehead atoms. The lowest BCUT2D eigenvalue weighted by Gasteiger charge is -2.00. The summed E-state index contributed by atoms with van der Waals surface area (Å²) in [6.45, 7) is 3.52. The van der Waals surface area contributed by atoms with Crippen molar-refractivity contribution in [3.05, 3.63) is 47.8 Å². The topological polar surface area (TPSA) is 43.6 Å². The first-order chi connectivity index (χ1) is 9.60. The van der Waals surface area contributed by atoms with Crippen LogP contribution in [0.4, 0.5) is 4.39 Å². The van der Waals surface area contributed by atoms with Crippen LogP contribution in [0.5, 0.6) is 0 Å². The Hall–Kier alpha value is -1.92. The van der Waals surface area contributed by atoms with Gasteiger partial charge in [0.1, 0.15) is 5.69 Å². The molecule has 3 rings (SSSR count). The summed E-state index contributed by atoms with van der Waals surface area (Å²) >= 11 is 10.2. The summed E-state index contributed by atoms with van der Waals surface area (Å²) in [6, 6.07) is 1.74. The fourth-order valence-corrected chi connectivity index (χ4v) is 2.33. The van der Waals surface area contributed by atoms with E-state index >= 15 is 0 Å². The smallest absolute Gasteiger partial charge is 0.167 e. The van der Waals surface area contributed by atoms with Crippen LogP contribution in [0.25, 0.3) is 28.5 Å². The summed E-state index contributed by atoms with van der Waals surface area (Å²) < 4.78 is 15.0. The number of pyridine rings is 1. The molecule has 20 heavy (non-hydrogen) atoms. The van der Waals surface area contributed by atoms with Gasteiger partial charge in [-0.2, -0.15) is 0 Å². The Labute approximate surface area is 124 Å². The van der Waals surface area contributed by atoms with E-state index < -0.39 is 5.82 Å². The number of rotatable bonds is 2. The first kappa shape index (κ1) is 13.1. The summed E-state index contributed by atoms with van der Waals surface area (Å²) in [7, 11) is 0. The number of halogens is 2. The van der Waals surface area contributed by atoms with Crippen molar-refractivity contribution >= 4 is 41.5 Å². The average molecular weight is 307 g/mol. The van der Waals surface area contributed by atoms with Crippen LogP contribution in [-0.4, -0.2) is 18.9 Å². The minimum Gasteiger partial charge on any atom is -0.277 e. The van der Waals surface area contributed by atoms with Crippen LogP contribution < -0.4 is 0 Å². The minimum atomic E-state index is -0.519. The molecule has 4 nitrogen and oxygen atoms in total. The predicted molar refractivity (Wildman–Crippen MR) is 80.2 cm³/mol. The largest absolute Gasteiger partial charge is 0.277 e. The van der Waals surface area contributed by atoms with E-state index in [2.05, 4.69) is 34.3 Å². The van der Waals surface area contributed by atoms with Gasteiger partial charge in [-0.15, -0.1) is 0 Å². The summed E-state index contributed by atoms with van der Waals surface area (Å²) in [5, 5.41) is 1.23. The molecule has 0 aliphatic carbocycles. The van der Waals surface area contributed by atoms with Crippen molar-refractivity contribution in [3.63, 3.8) is 0 Å². The van der Waals surface area contributed by atoms with E-state index in [1.54, 1.807) is 16.2 Å². The zero-order valence-corrected chi connectivity index (χ0v) is 11.7. The number of hydrogen-bond acceptors (Lipinski definition) is 4. The maximum atomic E-state index is 13.4. The van der Waals surface area contributed by atoms with E-state index in [1.165, 1.54) is 12.3 Å². The highest BCUT2D eigenvalue weighted by atomic mass is 35.5. The summed E-state index contributed by atoms with van der Waals surface area (Å²) in [5.41, 5.74) is 1.44. The highest BCUT2D eigenvalue weighted by Gasteiger charge is 2.14. The van der Waals surface area contributed by atoms with Crippen molar-refractivity contribution in [2.45, 2.75) is 0 Å². The highest BCUT2D eigenvalue weighted by Crippen LogP contribution is 2.30. The number of thiol groups is 1. The fourth-order valence-electron chi connectivity index (χ4n) is 1.90. The minimum absolute atomic E-state index is 0.144. The molecule has 0 fully saturated rings. The molecule has 0 aromatic carbocycles. The second kappa shape index (κ2) is 4.88. The Balaban J connectivity index is 2.29. The Bertz CT molecular complexity index is 831. The molecule has 0 saturated heterocycles. The molecule has 0 aliphatic rings. The van der Waals surface area contributed by atoms with Gasteiger partial charge in [0.15, 0.2) is 17.3 Å². The third-order valence-electron chi connectivity index (χ3n) is 2.80. The molecule has 0 saturated carbocycles. The molecule has 0 unspecified atom stereocenters. The van der Waals surface area contributed by atoms with Gasteiger partial charge in [-0.05, 0) is 12.1 Å². The maximum Gasteiger partial charge on any atom is 0.167 e. The van der Waals surface area contributed by atoms with Gasteiger partial charge in [0.05, 0.1) is 11.2 Å². The van der Waals surface area contributed by atoms with E-state index in [-0.39, 0.29) is 5.69 Å². The van der Waals surface area contributed by atoms with E-state index in [0.717, 1.165) is 11.6 Å². The number of nitrogens with zero attached hydrogens (tertiary/aromatic N) is 4. The van der Waals surface area contributed by atoms with Crippen LogP contribution in [0.1, 0.15) is 5.69 Å². The second-order valence-corrected chi connectivity index (χ2v) is 4.91. The van der Waals surface area contributed by atoms with Crippen LogP contribution in [-0.2, 0) is 0 Å². The molecule has 3 aromatic heterocycles. The number of aromatic nitrogens is 4. The van der Waals surface area contributed by atoms with E-state index in [4.69, 9.17) is 11.6 Å². The molecule has 100 valence electrons. The normalized spacial score (nSPS) is 10.9. The Kier molecular flexibility index (Phi) is 3.19. The Morgan fingerprint density at radius 3 is 2.90 bits per heavy atom. The van der Waals surface area contributed by atoms with Gasteiger partial charge < -0.3 is 0 Å². The van der Waals surface area contributed by atoms with Crippen molar-refractivity contribution in [3.8, 4) is 11.4 Å². The van der Waals surface area contributed by atoms with Crippen LogP contribution in [0.3, 0.4) is 0 Å². The van der Waals surface area contributed by atoms with Crippen molar-refractivity contribution in [2.24, 2.45) is 0 Å². The third kappa shape index (κ3) is 2.07. The molecule has 0 amide bonds. The lowest BCUT2D eigenvalue weighted by molar-refractivity contribution is 0.611.